The molecule has 0 atom stereocenters. The zero-order valence-electron chi connectivity index (χ0n) is 27.0. The van der Waals surface area contributed by atoms with Crippen molar-refractivity contribution in [1.82, 2.24) is 0 Å². The highest BCUT2D eigenvalue weighted by atomic mass is 16.5. The Kier molecular flexibility index (Phi) is 8.93. The van der Waals surface area contributed by atoms with Crippen molar-refractivity contribution in [2.75, 3.05) is 26.4 Å². The lowest BCUT2D eigenvalue weighted by Crippen LogP contribution is -2.25. The Morgan fingerprint density at radius 1 is 0.438 bits per heavy atom. The Labute approximate surface area is 281 Å². The van der Waals surface area contributed by atoms with Crippen molar-refractivity contribution in [3.8, 4) is 33.8 Å². The van der Waals surface area contributed by atoms with E-state index in [0.717, 1.165) is 72.0 Å². The molecule has 0 aliphatic carbocycles. The number of fused-ring (bicyclic) bond motifs is 2. The second kappa shape index (κ2) is 13.7. The molecule has 0 heterocycles. The fourth-order valence-electron chi connectivity index (χ4n) is 6.86. The summed E-state index contributed by atoms with van der Waals surface area (Å²) >= 11 is 0. The van der Waals surface area contributed by atoms with Crippen LogP contribution in [-0.2, 0) is 5.41 Å². The molecule has 0 saturated carbocycles. The van der Waals surface area contributed by atoms with Gasteiger partial charge in [-0.3, -0.25) is 0 Å². The van der Waals surface area contributed by atoms with Gasteiger partial charge in [0.05, 0.1) is 13.2 Å². The highest BCUT2D eigenvalue weighted by Crippen LogP contribution is 2.46. The first-order valence-corrected chi connectivity index (χ1v) is 16.4. The zero-order chi connectivity index (χ0) is 32.9. The number of aliphatic hydroxyl groups is 2. The summed E-state index contributed by atoms with van der Waals surface area (Å²) in [6.45, 7) is 2.54. The summed E-state index contributed by atoms with van der Waals surface area (Å²) < 4.78 is 12.3. The van der Waals surface area contributed by atoms with E-state index in [1.807, 2.05) is 18.2 Å². The number of benzene rings is 7. The standard InChI is InChI=1S/C44H38O4/c1-44(33-15-3-2-4-16-33,34-21-23-42(47-27-25-45)40(29-34)38-19-9-13-31-11-5-7-17-36(31)38)35-22-24-43(48-28-26-46)41(30-35)39-20-10-14-32-12-6-8-18-37(32)39/h2-24,29-30,45-46H,25-28H2,1H3. The molecule has 0 aliphatic heterocycles. The lowest BCUT2D eigenvalue weighted by molar-refractivity contribution is 0.202. The zero-order valence-corrected chi connectivity index (χ0v) is 27.0. The summed E-state index contributed by atoms with van der Waals surface area (Å²) in [5.41, 5.74) is 6.84. The van der Waals surface area contributed by atoms with Gasteiger partial charge >= 0.3 is 0 Å². The second-order valence-corrected chi connectivity index (χ2v) is 12.1. The first kappa shape index (κ1) is 31.2. The maximum absolute atomic E-state index is 9.66. The van der Waals surface area contributed by atoms with E-state index in [9.17, 15) is 10.2 Å². The van der Waals surface area contributed by atoms with Crippen LogP contribution in [0.5, 0.6) is 11.5 Å². The summed E-state index contributed by atoms with van der Waals surface area (Å²) in [7, 11) is 0. The summed E-state index contributed by atoms with van der Waals surface area (Å²) in [5, 5.41) is 23.9. The first-order valence-electron chi connectivity index (χ1n) is 16.4. The van der Waals surface area contributed by atoms with Crippen molar-refractivity contribution >= 4 is 21.5 Å². The van der Waals surface area contributed by atoms with E-state index in [-0.39, 0.29) is 26.4 Å². The molecule has 7 aromatic rings. The number of aliphatic hydroxyl groups excluding tert-OH is 2. The van der Waals surface area contributed by atoms with Crippen LogP contribution in [-0.4, -0.2) is 36.6 Å². The van der Waals surface area contributed by atoms with Crippen LogP contribution in [0.3, 0.4) is 0 Å². The monoisotopic (exact) mass is 630 g/mol. The normalized spacial score (nSPS) is 11.6. The summed E-state index contributed by atoms with van der Waals surface area (Å²) in [5.74, 6) is 1.45. The van der Waals surface area contributed by atoms with Gasteiger partial charge in [0.15, 0.2) is 0 Å². The van der Waals surface area contributed by atoms with Crippen molar-refractivity contribution in [2.24, 2.45) is 0 Å². The van der Waals surface area contributed by atoms with Gasteiger partial charge in [-0.1, -0.05) is 127 Å². The fraction of sp³-hybridized carbons (Fsp3) is 0.136. The Morgan fingerprint density at radius 2 is 0.875 bits per heavy atom. The van der Waals surface area contributed by atoms with Crippen LogP contribution in [0.25, 0.3) is 43.8 Å². The van der Waals surface area contributed by atoms with E-state index in [2.05, 4.69) is 140 Å². The third kappa shape index (κ3) is 5.81. The molecule has 0 radical (unpaired) electrons. The van der Waals surface area contributed by atoms with Crippen LogP contribution in [0.2, 0.25) is 0 Å². The molecule has 7 rings (SSSR count). The maximum Gasteiger partial charge on any atom is 0.127 e. The number of rotatable bonds is 11. The SMILES string of the molecule is CC(c1ccccc1)(c1ccc(OCCO)c(-c2cccc3ccccc23)c1)c1ccc(OCCO)c(-c2cccc3ccccc23)c1. The molecule has 7 aromatic carbocycles. The van der Waals surface area contributed by atoms with Crippen molar-refractivity contribution < 1.29 is 19.7 Å². The third-order valence-corrected chi connectivity index (χ3v) is 9.32. The van der Waals surface area contributed by atoms with Crippen molar-refractivity contribution in [3.05, 3.63) is 168 Å². The van der Waals surface area contributed by atoms with Gasteiger partial charge in [-0.25, -0.2) is 0 Å². The molecule has 0 aromatic heterocycles. The molecule has 48 heavy (non-hydrogen) atoms. The summed E-state index contributed by atoms with van der Waals surface area (Å²) in [6.07, 6.45) is 0. The topological polar surface area (TPSA) is 58.9 Å². The molecule has 0 aliphatic rings. The first-order chi connectivity index (χ1) is 23.6. The maximum atomic E-state index is 9.66. The Morgan fingerprint density at radius 3 is 1.35 bits per heavy atom. The van der Waals surface area contributed by atoms with Gasteiger partial charge in [-0.15, -0.1) is 0 Å². The van der Waals surface area contributed by atoms with E-state index in [1.54, 1.807) is 0 Å². The fourth-order valence-corrected chi connectivity index (χ4v) is 6.86. The molecule has 0 bridgehead atoms. The lowest BCUT2D eigenvalue weighted by Gasteiger charge is -2.33. The molecular formula is C44H38O4. The predicted octanol–water partition coefficient (Wildman–Crippen LogP) is 9.42. The van der Waals surface area contributed by atoms with Gasteiger partial charge in [-0.05, 0) is 80.6 Å². The van der Waals surface area contributed by atoms with Crippen LogP contribution in [0.4, 0.5) is 0 Å². The smallest absolute Gasteiger partial charge is 0.127 e. The van der Waals surface area contributed by atoms with Crippen LogP contribution < -0.4 is 9.47 Å². The van der Waals surface area contributed by atoms with Gasteiger partial charge < -0.3 is 19.7 Å². The van der Waals surface area contributed by atoms with Crippen molar-refractivity contribution in [3.63, 3.8) is 0 Å². The minimum Gasteiger partial charge on any atom is -0.491 e. The Hall–Kier alpha value is -5.42. The van der Waals surface area contributed by atoms with E-state index in [0.29, 0.717) is 0 Å². The van der Waals surface area contributed by atoms with Crippen molar-refractivity contribution in [2.45, 2.75) is 12.3 Å². The predicted molar refractivity (Wildman–Crippen MR) is 196 cm³/mol. The average Bonchev–Trinajstić information content (AvgIpc) is 3.15. The molecule has 4 heteroatoms. The minimum absolute atomic E-state index is 0.0693. The minimum atomic E-state index is -0.578. The van der Waals surface area contributed by atoms with E-state index < -0.39 is 5.41 Å². The largest absolute Gasteiger partial charge is 0.491 e. The van der Waals surface area contributed by atoms with Crippen LogP contribution in [0, 0.1) is 0 Å². The molecule has 0 spiro atoms. The number of hydrogen-bond donors (Lipinski definition) is 2. The van der Waals surface area contributed by atoms with E-state index in [4.69, 9.17) is 9.47 Å². The average molecular weight is 631 g/mol. The molecule has 0 unspecified atom stereocenters. The van der Waals surface area contributed by atoms with Crippen LogP contribution in [0.1, 0.15) is 23.6 Å². The number of hydrogen-bond acceptors (Lipinski definition) is 4. The van der Waals surface area contributed by atoms with E-state index in [1.165, 1.54) is 0 Å². The van der Waals surface area contributed by atoms with Gasteiger partial charge in [-0.2, -0.15) is 0 Å². The highest BCUT2D eigenvalue weighted by Gasteiger charge is 2.33. The van der Waals surface area contributed by atoms with Gasteiger partial charge in [0.1, 0.15) is 24.7 Å². The molecule has 4 nitrogen and oxygen atoms in total. The van der Waals surface area contributed by atoms with E-state index >= 15 is 0 Å². The van der Waals surface area contributed by atoms with Gasteiger partial charge in [0, 0.05) is 16.5 Å². The van der Waals surface area contributed by atoms with Crippen molar-refractivity contribution in [1.29, 1.82) is 0 Å². The lowest BCUT2D eigenvalue weighted by atomic mass is 9.70. The quantitative estimate of drug-likeness (QED) is 0.140. The molecule has 0 fully saturated rings. The highest BCUT2D eigenvalue weighted by molar-refractivity contribution is 5.99. The molecule has 238 valence electrons. The second-order valence-electron chi connectivity index (χ2n) is 12.1. The molecular weight excluding hydrogens is 592 g/mol. The third-order valence-electron chi connectivity index (χ3n) is 9.32. The van der Waals surface area contributed by atoms with Gasteiger partial charge in [0.25, 0.3) is 0 Å². The number of ether oxygens (including phenoxy) is 2. The molecule has 2 N–H and O–H groups in total. The summed E-state index contributed by atoms with van der Waals surface area (Å²) in [6, 6.07) is 52.9. The van der Waals surface area contributed by atoms with Crippen LogP contribution in [0.15, 0.2) is 152 Å². The molecule has 0 amide bonds. The Bertz CT molecular complexity index is 2040. The van der Waals surface area contributed by atoms with Gasteiger partial charge in [0.2, 0.25) is 0 Å². The molecule has 0 saturated heterocycles. The van der Waals surface area contributed by atoms with Crippen LogP contribution >= 0.6 is 0 Å². The summed E-state index contributed by atoms with van der Waals surface area (Å²) in [4.78, 5) is 0. The Balaban J connectivity index is 1.48.